The summed E-state index contributed by atoms with van der Waals surface area (Å²) in [6, 6.07) is 17.8. The zero-order valence-corrected chi connectivity index (χ0v) is 20.5. The van der Waals surface area contributed by atoms with Crippen molar-refractivity contribution >= 4 is 30.4 Å². The molecule has 1 heterocycles. The van der Waals surface area contributed by atoms with Gasteiger partial charge in [-0.1, -0.05) is 67.6 Å². The zero-order valence-electron chi connectivity index (χ0n) is 19.6. The number of carbonyl (C=O) groups is 3. The molecule has 182 valence electrons. The van der Waals surface area contributed by atoms with Crippen molar-refractivity contribution in [2.45, 2.75) is 64.1 Å². The van der Waals surface area contributed by atoms with Crippen molar-refractivity contribution in [2.75, 3.05) is 0 Å². The lowest BCUT2D eigenvalue weighted by atomic mass is 10.0. The predicted molar refractivity (Wildman–Crippen MR) is 125 cm³/mol. The summed E-state index contributed by atoms with van der Waals surface area (Å²) in [7, 11) is -3.66. The molecule has 1 aliphatic heterocycles. The van der Waals surface area contributed by atoms with E-state index < -0.39 is 54.9 Å². The van der Waals surface area contributed by atoms with Gasteiger partial charge in [-0.25, -0.2) is 0 Å². The Balaban J connectivity index is 2.13. The summed E-state index contributed by atoms with van der Waals surface area (Å²) in [4.78, 5) is 36.3. The van der Waals surface area contributed by atoms with Gasteiger partial charge in [0.15, 0.2) is 19.1 Å². The van der Waals surface area contributed by atoms with E-state index in [2.05, 4.69) is 0 Å². The molecule has 1 unspecified atom stereocenters. The summed E-state index contributed by atoms with van der Waals surface area (Å²) in [5, 5.41) is 0.421. The van der Waals surface area contributed by atoms with Gasteiger partial charge >= 0.3 is 17.9 Å². The Morgan fingerprint density at radius 3 is 1.76 bits per heavy atom. The van der Waals surface area contributed by atoms with E-state index in [-0.39, 0.29) is 6.61 Å². The predicted octanol–water partition coefficient (Wildman–Crippen LogP) is 3.42. The molecule has 2 aromatic carbocycles. The van der Waals surface area contributed by atoms with E-state index in [0.29, 0.717) is 5.30 Å². The second-order valence-corrected chi connectivity index (χ2v) is 11.5. The summed E-state index contributed by atoms with van der Waals surface area (Å²) in [5.74, 6) is -3.28. The molecule has 8 nitrogen and oxygen atoms in total. The molecule has 2 aromatic rings. The Bertz CT molecular complexity index is 1060. The third kappa shape index (κ3) is 5.57. The highest BCUT2D eigenvalue weighted by Gasteiger charge is 2.61. The smallest absolute Gasteiger partial charge is 0.303 e. The minimum Gasteiger partial charge on any atom is -0.459 e. The lowest BCUT2D eigenvalue weighted by Gasteiger charge is -2.48. The first-order chi connectivity index (χ1) is 16.1. The van der Waals surface area contributed by atoms with Crippen LogP contribution in [0.4, 0.5) is 0 Å². The van der Waals surface area contributed by atoms with Crippen molar-refractivity contribution in [2.24, 2.45) is 0 Å². The van der Waals surface area contributed by atoms with Gasteiger partial charge in [-0.2, -0.15) is 0 Å². The highest BCUT2D eigenvalue weighted by Crippen LogP contribution is 2.62. The van der Waals surface area contributed by atoms with E-state index >= 15 is 0 Å². The second-order valence-electron chi connectivity index (χ2n) is 8.19. The van der Waals surface area contributed by atoms with Crippen LogP contribution in [-0.2, 0) is 44.5 Å². The maximum Gasteiger partial charge on any atom is 0.303 e. The largest absolute Gasteiger partial charge is 0.459 e. The molecule has 1 saturated heterocycles. The number of ether oxygens (including phenoxy) is 4. The summed E-state index contributed by atoms with van der Waals surface area (Å²) in [6.07, 6.45) is -3.32. The molecule has 1 aliphatic rings. The fourth-order valence-electron chi connectivity index (χ4n) is 4.28. The van der Waals surface area contributed by atoms with Gasteiger partial charge in [0.25, 0.3) is 0 Å². The van der Waals surface area contributed by atoms with Gasteiger partial charge < -0.3 is 23.5 Å². The Hall–Kier alpha value is -2.96. The highest BCUT2D eigenvalue weighted by atomic mass is 31.2. The first kappa shape index (κ1) is 25.7. The molecule has 0 N–H and O–H groups in total. The molecular weight excluding hydrogens is 459 g/mol. The molecule has 0 radical (unpaired) electrons. The van der Waals surface area contributed by atoms with E-state index in [9.17, 15) is 18.9 Å². The van der Waals surface area contributed by atoms with Gasteiger partial charge in [0.05, 0.1) is 12.3 Å². The van der Waals surface area contributed by atoms with Crippen LogP contribution in [0.2, 0.25) is 0 Å². The lowest BCUT2D eigenvalue weighted by Crippen LogP contribution is -2.60. The van der Waals surface area contributed by atoms with Gasteiger partial charge in [0.1, 0.15) is 12.2 Å². The molecule has 6 atom stereocenters. The van der Waals surface area contributed by atoms with Crippen molar-refractivity contribution < 1.29 is 37.9 Å². The molecule has 9 heteroatoms. The molecule has 0 bridgehead atoms. The average molecular weight is 488 g/mol. The second kappa shape index (κ2) is 11.0. The number of hydrogen-bond acceptors (Lipinski definition) is 8. The van der Waals surface area contributed by atoms with E-state index in [4.69, 9.17) is 18.9 Å². The average Bonchev–Trinajstić information content (AvgIpc) is 2.80. The van der Waals surface area contributed by atoms with Crippen LogP contribution in [0, 0.1) is 0 Å². The summed E-state index contributed by atoms with van der Waals surface area (Å²) < 4.78 is 37.6. The quantitative estimate of drug-likeness (QED) is 0.332. The van der Waals surface area contributed by atoms with Crippen LogP contribution >= 0.6 is 7.14 Å². The maximum atomic E-state index is 14.7. The molecule has 0 amide bonds. The topological polar surface area (TPSA) is 105 Å². The first-order valence-electron chi connectivity index (χ1n) is 11.0. The van der Waals surface area contributed by atoms with Crippen molar-refractivity contribution in [3.05, 3.63) is 66.2 Å². The van der Waals surface area contributed by atoms with Crippen LogP contribution in [-0.4, -0.2) is 47.7 Å². The Labute approximate surface area is 198 Å². The van der Waals surface area contributed by atoms with Crippen LogP contribution < -0.4 is 5.30 Å². The number of rotatable bonds is 7. The van der Waals surface area contributed by atoms with Gasteiger partial charge in [0, 0.05) is 26.1 Å². The van der Waals surface area contributed by atoms with Crippen molar-refractivity contribution in [3.63, 3.8) is 0 Å². The molecule has 0 saturated carbocycles. The number of carbonyl (C=O) groups excluding carboxylic acids is 3. The summed E-state index contributed by atoms with van der Waals surface area (Å²) in [6.45, 7) is 5.42. The summed E-state index contributed by atoms with van der Waals surface area (Å²) >= 11 is 0. The summed E-state index contributed by atoms with van der Waals surface area (Å²) in [5.41, 5.74) is 0.0369. The Morgan fingerprint density at radius 1 is 0.735 bits per heavy atom. The van der Waals surface area contributed by atoms with E-state index in [1.165, 1.54) is 20.8 Å². The lowest BCUT2D eigenvalue weighted by molar-refractivity contribution is -0.193. The zero-order chi connectivity index (χ0) is 24.9. The van der Waals surface area contributed by atoms with Crippen molar-refractivity contribution in [1.29, 1.82) is 0 Å². The van der Waals surface area contributed by atoms with Crippen LogP contribution in [0.15, 0.2) is 60.7 Å². The molecule has 34 heavy (non-hydrogen) atoms. The van der Waals surface area contributed by atoms with Gasteiger partial charge in [-0.15, -0.1) is 0 Å². The van der Waals surface area contributed by atoms with Gasteiger partial charge in [-0.05, 0) is 5.56 Å². The molecule has 0 spiro atoms. The fourth-order valence-corrected chi connectivity index (χ4v) is 7.79. The van der Waals surface area contributed by atoms with E-state index in [1.54, 1.807) is 37.3 Å². The van der Waals surface area contributed by atoms with E-state index in [0.717, 1.165) is 5.56 Å². The molecule has 0 aromatic heterocycles. The number of esters is 3. The molecule has 1 fully saturated rings. The first-order valence-corrected chi connectivity index (χ1v) is 12.8. The molecule has 3 rings (SSSR count). The van der Waals surface area contributed by atoms with E-state index in [1.807, 2.05) is 30.3 Å². The minimum absolute atomic E-state index is 0.107. The van der Waals surface area contributed by atoms with Gasteiger partial charge in [-0.3, -0.25) is 14.4 Å². The normalized spacial score (nSPS) is 28.5. The maximum absolute atomic E-state index is 14.7. The van der Waals surface area contributed by atoms with Crippen LogP contribution in [0.5, 0.6) is 0 Å². The number of hydrogen-bond donors (Lipinski definition) is 0. The molecule has 0 aliphatic carbocycles. The van der Waals surface area contributed by atoms with Crippen molar-refractivity contribution in [1.82, 2.24) is 0 Å². The Morgan fingerprint density at radius 2 is 1.24 bits per heavy atom. The monoisotopic (exact) mass is 488 g/mol. The van der Waals surface area contributed by atoms with Crippen molar-refractivity contribution in [3.8, 4) is 0 Å². The van der Waals surface area contributed by atoms with Gasteiger partial charge in [0.2, 0.25) is 0 Å². The van der Waals surface area contributed by atoms with Crippen LogP contribution in [0.25, 0.3) is 0 Å². The highest BCUT2D eigenvalue weighted by molar-refractivity contribution is 7.73. The van der Waals surface area contributed by atoms with Crippen LogP contribution in [0.1, 0.15) is 33.3 Å². The standard InChI is InChI=1S/C25H29O8P/c1-16-22(31-17(2)26)23(30-15-20-11-7-5-8-12-20)24(32-18(3)27)25(33-19(4)28)34(16,29)21-13-9-6-10-14-21/h5-14,16,22-25H,15H2,1-4H3/t16-,22-,23-,24+,25-,34?/m1/s1. The van der Waals surface area contributed by atoms with Crippen LogP contribution in [0.3, 0.4) is 0 Å². The third-order valence-corrected chi connectivity index (χ3v) is 9.49. The third-order valence-electron chi connectivity index (χ3n) is 5.72. The SMILES string of the molecule is CC(=O)O[C@H]1[C@@H](OCc2ccccc2)[C@H](OC(C)=O)[C@H](OC(C)=O)P(=O)(c2ccccc2)[C@@H]1C. The fraction of sp³-hybridized carbons (Fsp3) is 0.400. The molecular formula is C25H29O8P. The Kier molecular flexibility index (Phi) is 8.28. The number of benzene rings is 2. The minimum atomic E-state index is -3.66.